The van der Waals surface area contributed by atoms with E-state index in [4.69, 9.17) is 5.11 Å². The van der Waals surface area contributed by atoms with Gasteiger partial charge in [0.2, 0.25) is 0 Å². The van der Waals surface area contributed by atoms with Gasteiger partial charge in [0, 0.05) is 44.8 Å². The minimum absolute atomic E-state index is 0.301. The number of piperazine rings is 1. The lowest BCUT2D eigenvalue weighted by molar-refractivity contribution is 0.0327. The molecule has 0 bridgehead atoms. The van der Waals surface area contributed by atoms with E-state index >= 15 is 0 Å². The van der Waals surface area contributed by atoms with Crippen LogP contribution in [0, 0.1) is 0 Å². The number of hydrogen-bond acceptors (Lipinski definition) is 5. The molecular weight excluding hydrogens is 276 g/mol. The molecule has 3 saturated heterocycles. The highest BCUT2D eigenvalue weighted by Gasteiger charge is 2.30. The summed E-state index contributed by atoms with van der Waals surface area (Å²) in [5.41, 5.74) is 0. The first-order valence-corrected chi connectivity index (χ1v) is 9.26. The van der Waals surface area contributed by atoms with Crippen molar-refractivity contribution >= 4 is 0 Å². The Hall–Kier alpha value is -0.200. The van der Waals surface area contributed by atoms with Crippen LogP contribution in [0.4, 0.5) is 0 Å². The number of aliphatic hydroxyl groups excluding tert-OH is 1. The smallest absolute Gasteiger partial charge is 0.0558 e. The maximum absolute atomic E-state index is 9.04. The van der Waals surface area contributed by atoms with E-state index in [0.717, 1.165) is 31.7 Å². The molecule has 5 nitrogen and oxygen atoms in total. The predicted octanol–water partition coefficient (Wildman–Crippen LogP) is 0.155. The van der Waals surface area contributed by atoms with E-state index < -0.39 is 0 Å². The van der Waals surface area contributed by atoms with Gasteiger partial charge in [0.15, 0.2) is 0 Å². The highest BCUT2D eigenvalue weighted by molar-refractivity contribution is 4.87. The third-order valence-electron chi connectivity index (χ3n) is 6.04. The second-order valence-corrected chi connectivity index (χ2v) is 7.40. The third kappa shape index (κ3) is 4.20. The van der Waals surface area contributed by atoms with Crippen molar-refractivity contribution in [3.8, 4) is 0 Å². The molecule has 0 aromatic rings. The number of aliphatic hydroxyl groups is 1. The topological polar surface area (TPSA) is 33.2 Å². The number of likely N-dealkylation sites (tertiary alicyclic amines) is 2. The molecule has 3 heterocycles. The summed E-state index contributed by atoms with van der Waals surface area (Å²) in [5, 5.41) is 9.04. The Morgan fingerprint density at radius 2 is 1.23 bits per heavy atom. The quantitative estimate of drug-likeness (QED) is 0.800. The molecule has 0 aromatic heterocycles. The van der Waals surface area contributed by atoms with Crippen molar-refractivity contribution in [1.82, 2.24) is 19.6 Å². The zero-order valence-corrected chi connectivity index (χ0v) is 14.3. The van der Waals surface area contributed by atoms with E-state index in [1.165, 1.54) is 65.0 Å². The average molecular weight is 310 g/mol. The van der Waals surface area contributed by atoms with Gasteiger partial charge in [0.1, 0.15) is 0 Å². The third-order valence-corrected chi connectivity index (χ3v) is 6.04. The van der Waals surface area contributed by atoms with E-state index in [2.05, 4.69) is 26.6 Å². The molecule has 22 heavy (non-hydrogen) atoms. The molecule has 0 spiro atoms. The van der Waals surface area contributed by atoms with Crippen LogP contribution in [0.1, 0.15) is 25.7 Å². The van der Waals surface area contributed by atoms with Crippen molar-refractivity contribution in [2.45, 2.75) is 37.8 Å². The van der Waals surface area contributed by atoms with Crippen LogP contribution < -0.4 is 0 Å². The molecule has 0 saturated carbocycles. The van der Waals surface area contributed by atoms with E-state index in [9.17, 15) is 0 Å². The molecule has 0 aliphatic carbocycles. The summed E-state index contributed by atoms with van der Waals surface area (Å²) >= 11 is 0. The fourth-order valence-electron chi connectivity index (χ4n) is 4.47. The van der Waals surface area contributed by atoms with Crippen molar-refractivity contribution in [2.75, 3.05) is 72.6 Å². The standard InChI is InChI=1S/C17H34N4O/c1-18-6-2-16(3-7-18)20-8-4-17(5-9-20)21-12-10-19(11-13-21)14-15-22/h16-17,22H,2-15H2,1H3. The summed E-state index contributed by atoms with van der Waals surface area (Å²) in [4.78, 5) is 10.3. The molecule has 3 aliphatic rings. The molecule has 1 N–H and O–H groups in total. The summed E-state index contributed by atoms with van der Waals surface area (Å²) in [5.74, 6) is 0. The first-order valence-electron chi connectivity index (χ1n) is 9.26. The van der Waals surface area contributed by atoms with Crippen LogP contribution in [0.25, 0.3) is 0 Å². The number of β-amino-alcohol motifs (C(OH)–C–C–N with tert-alkyl or cyclic N) is 1. The van der Waals surface area contributed by atoms with Gasteiger partial charge in [-0.3, -0.25) is 9.80 Å². The zero-order valence-electron chi connectivity index (χ0n) is 14.3. The molecule has 0 atom stereocenters. The van der Waals surface area contributed by atoms with Crippen molar-refractivity contribution in [3.05, 3.63) is 0 Å². The van der Waals surface area contributed by atoms with Gasteiger partial charge in [0.05, 0.1) is 6.61 Å². The molecule has 3 rings (SSSR count). The van der Waals surface area contributed by atoms with Gasteiger partial charge < -0.3 is 14.9 Å². The highest BCUT2D eigenvalue weighted by Crippen LogP contribution is 2.23. The Morgan fingerprint density at radius 1 is 0.727 bits per heavy atom. The molecule has 0 aromatic carbocycles. The molecule has 3 aliphatic heterocycles. The summed E-state index contributed by atoms with van der Waals surface area (Å²) in [6.07, 6.45) is 5.43. The van der Waals surface area contributed by atoms with Gasteiger partial charge in [-0.2, -0.15) is 0 Å². The molecule has 128 valence electrons. The Balaban J connectivity index is 1.39. The Labute approximate surface area is 135 Å². The van der Waals surface area contributed by atoms with Gasteiger partial charge in [-0.05, 0) is 58.9 Å². The maximum atomic E-state index is 9.04. The Bertz CT molecular complexity index is 317. The van der Waals surface area contributed by atoms with Crippen molar-refractivity contribution in [2.24, 2.45) is 0 Å². The van der Waals surface area contributed by atoms with Crippen LogP contribution in [0.2, 0.25) is 0 Å². The number of piperidine rings is 2. The Morgan fingerprint density at radius 3 is 1.77 bits per heavy atom. The summed E-state index contributed by atoms with van der Waals surface area (Å²) in [6, 6.07) is 1.65. The fourth-order valence-corrected chi connectivity index (χ4v) is 4.47. The summed E-state index contributed by atoms with van der Waals surface area (Å²) in [7, 11) is 2.25. The first-order chi connectivity index (χ1) is 10.8. The monoisotopic (exact) mass is 310 g/mol. The van der Waals surface area contributed by atoms with Crippen LogP contribution in [0.5, 0.6) is 0 Å². The second-order valence-electron chi connectivity index (χ2n) is 7.40. The van der Waals surface area contributed by atoms with Crippen LogP contribution in [-0.4, -0.2) is 109 Å². The molecule has 0 radical (unpaired) electrons. The minimum atomic E-state index is 0.301. The van der Waals surface area contributed by atoms with Gasteiger partial charge in [-0.15, -0.1) is 0 Å². The predicted molar refractivity (Wildman–Crippen MR) is 90.2 cm³/mol. The summed E-state index contributed by atoms with van der Waals surface area (Å²) < 4.78 is 0. The largest absolute Gasteiger partial charge is 0.395 e. The van der Waals surface area contributed by atoms with Crippen molar-refractivity contribution in [1.29, 1.82) is 0 Å². The number of hydrogen-bond donors (Lipinski definition) is 1. The van der Waals surface area contributed by atoms with E-state index in [1.807, 2.05) is 0 Å². The molecular formula is C17H34N4O. The van der Waals surface area contributed by atoms with Crippen LogP contribution >= 0.6 is 0 Å². The van der Waals surface area contributed by atoms with E-state index in [0.29, 0.717) is 6.61 Å². The van der Waals surface area contributed by atoms with Gasteiger partial charge in [0.25, 0.3) is 0 Å². The van der Waals surface area contributed by atoms with Gasteiger partial charge >= 0.3 is 0 Å². The Kier molecular flexibility index (Phi) is 6.10. The molecule has 0 unspecified atom stereocenters. The van der Waals surface area contributed by atoms with Crippen LogP contribution in [0.3, 0.4) is 0 Å². The molecule has 5 heteroatoms. The van der Waals surface area contributed by atoms with Crippen LogP contribution in [-0.2, 0) is 0 Å². The second kappa shape index (κ2) is 8.06. The van der Waals surface area contributed by atoms with Crippen molar-refractivity contribution in [3.63, 3.8) is 0 Å². The molecule has 0 amide bonds. The van der Waals surface area contributed by atoms with Crippen LogP contribution in [0.15, 0.2) is 0 Å². The highest BCUT2D eigenvalue weighted by atomic mass is 16.3. The van der Waals surface area contributed by atoms with E-state index in [1.54, 1.807) is 0 Å². The molecule has 3 fully saturated rings. The maximum Gasteiger partial charge on any atom is 0.0558 e. The zero-order chi connectivity index (χ0) is 15.4. The number of rotatable bonds is 4. The lowest BCUT2D eigenvalue weighted by Crippen LogP contribution is -2.55. The van der Waals surface area contributed by atoms with Crippen molar-refractivity contribution < 1.29 is 5.11 Å². The average Bonchev–Trinajstić information content (AvgIpc) is 2.57. The lowest BCUT2D eigenvalue weighted by atomic mass is 9.97. The fraction of sp³-hybridized carbons (Fsp3) is 1.00. The summed E-state index contributed by atoms with van der Waals surface area (Å²) in [6.45, 7) is 11.0. The normalized spacial score (nSPS) is 29.2. The van der Waals surface area contributed by atoms with E-state index in [-0.39, 0.29) is 0 Å². The van der Waals surface area contributed by atoms with Gasteiger partial charge in [-0.25, -0.2) is 0 Å². The SMILES string of the molecule is CN1CCC(N2CCC(N3CCN(CCO)CC3)CC2)CC1. The first kappa shape index (κ1) is 16.7. The van der Waals surface area contributed by atoms with Gasteiger partial charge in [-0.1, -0.05) is 0 Å². The lowest BCUT2D eigenvalue weighted by Gasteiger charge is -2.45. The number of nitrogens with zero attached hydrogens (tertiary/aromatic N) is 4. The minimum Gasteiger partial charge on any atom is -0.395 e.